The van der Waals surface area contributed by atoms with Crippen molar-refractivity contribution in [3.05, 3.63) is 119 Å². The van der Waals surface area contributed by atoms with Gasteiger partial charge in [0.05, 0.1) is 6.54 Å². The number of carbonyl (C=O) groups excluding carboxylic acids is 1. The van der Waals surface area contributed by atoms with Crippen molar-refractivity contribution in [2.24, 2.45) is 5.10 Å². The molecule has 5 heteroatoms. The van der Waals surface area contributed by atoms with Gasteiger partial charge in [0, 0.05) is 16.7 Å². The first-order valence-corrected chi connectivity index (χ1v) is 10.4. The molecule has 0 fully saturated rings. The van der Waals surface area contributed by atoms with Gasteiger partial charge in [-0.1, -0.05) is 78.9 Å². The topological polar surface area (TPSA) is 41.9 Å². The molecule has 1 heterocycles. The van der Waals surface area contributed by atoms with Crippen molar-refractivity contribution in [1.82, 2.24) is 5.01 Å². The fourth-order valence-corrected chi connectivity index (χ4v) is 3.64. The highest BCUT2D eigenvalue weighted by Gasteiger charge is 2.28. The Morgan fingerprint density at radius 1 is 0.828 bits per heavy atom. The zero-order chi connectivity index (χ0) is 19.9. The highest BCUT2D eigenvalue weighted by atomic mass is 32.2. The van der Waals surface area contributed by atoms with Gasteiger partial charge in [-0.25, -0.2) is 5.01 Å². The van der Waals surface area contributed by atoms with E-state index in [0.717, 1.165) is 16.9 Å². The number of amides is 1. The molecule has 0 radical (unpaired) electrons. The molecule has 1 amide bonds. The minimum atomic E-state index is -0.242. The maximum absolute atomic E-state index is 13.0. The fourth-order valence-electron chi connectivity index (χ4n) is 2.87. The monoisotopic (exact) mass is 400 g/mol. The average molecular weight is 401 g/mol. The maximum atomic E-state index is 13.0. The van der Waals surface area contributed by atoms with Crippen LogP contribution in [0.2, 0.25) is 0 Å². The van der Waals surface area contributed by atoms with E-state index in [1.807, 2.05) is 78.9 Å². The molecule has 0 unspecified atom stereocenters. The third-order valence-electron chi connectivity index (χ3n) is 4.34. The van der Waals surface area contributed by atoms with E-state index in [2.05, 4.69) is 17.2 Å². The lowest BCUT2D eigenvalue weighted by molar-refractivity contribution is -0.131. The minimum Gasteiger partial charge on any atom is -0.431 e. The Morgan fingerprint density at radius 2 is 1.41 bits per heavy atom. The van der Waals surface area contributed by atoms with Gasteiger partial charge in [0.15, 0.2) is 0 Å². The van der Waals surface area contributed by atoms with Gasteiger partial charge in [-0.3, -0.25) is 4.79 Å². The van der Waals surface area contributed by atoms with Gasteiger partial charge in [-0.05, 0) is 23.3 Å². The molecule has 0 atom stereocenters. The van der Waals surface area contributed by atoms with Crippen LogP contribution in [0.15, 0.2) is 107 Å². The summed E-state index contributed by atoms with van der Waals surface area (Å²) in [6.07, 6.45) is 0. The summed E-state index contributed by atoms with van der Waals surface area (Å²) in [5.41, 5.74) is 3.03. The van der Waals surface area contributed by atoms with Crippen molar-refractivity contribution in [2.75, 3.05) is 0 Å². The van der Waals surface area contributed by atoms with Crippen LogP contribution in [0, 0.1) is 0 Å². The Balaban J connectivity index is 1.57. The number of hydrogen-bond acceptors (Lipinski definition) is 4. The van der Waals surface area contributed by atoms with Crippen LogP contribution in [0.1, 0.15) is 16.7 Å². The molecule has 0 aromatic heterocycles. The van der Waals surface area contributed by atoms with Crippen LogP contribution in [-0.2, 0) is 21.8 Å². The van der Waals surface area contributed by atoms with Crippen LogP contribution in [0.5, 0.6) is 0 Å². The molecule has 0 bridgehead atoms. The Kier molecular flexibility index (Phi) is 6.07. The number of rotatable bonds is 6. The van der Waals surface area contributed by atoms with E-state index in [1.165, 1.54) is 22.3 Å². The molecule has 144 valence electrons. The normalized spacial score (nSPS) is 15.2. The van der Waals surface area contributed by atoms with E-state index in [4.69, 9.17) is 4.74 Å². The van der Waals surface area contributed by atoms with Crippen molar-refractivity contribution in [1.29, 1.82) is 0 Å². The number of hydrogen-bond donors (Lipinski definition) is 0. The Morgan fingerprint density at radius 3 is 2.07 bits per heavy atom. The molecule has 3 aromatic rings. The number of ether oxygens (including phenoxy) is 1. The molecule has 0 aliphatic carbocycles. The van der Waals surface area contributed by atoms with Gasteiger partial charge in [-0.15, -0.1) is 16.9 Å². The molecule has 1 aliphatic rings. The molecule has 0 spiro atoms. The summed E-state index contributed by atoms with van der Waals surface area (Å²) < 4.78 is 5.89. The highest BCUT2D eigenvalue weighted by molar-refractivity contribution is 8.01. The van der Waals surface area contributed by atoms with E-state index in [-0.39, 0.29) is 11.7 Å². The third kappa shape index (κ3) is 4.95. The summed E-state index contributed by atoms with van der Waals surface area (Å²) in [5.74, 6) is 1.23. The second-order valence-corrected chi connectivity index (χ2v) is 7.36. The number of thioether (sulfide) groups is 1. The van der Waals surface area contributed by atoms with Crippen LogP contribution in [0.3, 0.4) is 0 Å². The number of nitrogens with zero attached hydrogens (tertiary/aromatic N) is 2. The minimum absolute atomic E-state index is 0.242. The predicted molar refractivity (Wildman–Crippen MR) is 117 cm³/mol. The predicted octanol–water partition coefficient (Wildman–Crippen LogP) is 5.18. The van der Waals surface area contributed by atoms with Crippen LogP contribution in [0.25, 0.3) is 0 Å². The molecular formula is C24H20N2O2S. The van der Waals surface area contributed by atoms with Crippen LogP contribution in [-0.4, -0.2) is 16.8 Å². The van der Waals surface area contributed by atoms with E-state index in [9.17, 15) is 4.79 Å². The lowest BCUT2D eigenvalue weighted by Crippen LogP contribution is -2.35. The SMILES string of the molecule is O=C1/C(=C/SCc2ccccc2)OC(c2ccccc2)=NN1Cc1ccccc1. The molecule has 3 aromatic carbocycles. The van der Waals surface area contributed by atoms with E-state index in [1.54, 1.807) is 5.41 Å². The van der Waals surface area contributed by atoms with Gasteiger partial charge in [0.1, 0.15) is 0 Å². The van der Waals surface area contributed by atoms with Crippen molar-refractivity contribution in [3.63, 3.8) is 0 Å². The van der Waals surface area contributed by atoms with E-state index < -0.39 is 0 Å². The van der Waals surface area contributed by atoms with Gasteiger partial charge >= 0.3 is 5.91 Å². The van der Waals surface area contributed by atoms with Crippen LogP contribution >= 0.6 is 11.8 Å². The molecule has 0 N–H and O–H groups in total. The summed E-state index contributed by atoms with van der Waals surface area (Å²) in [5, 5.41) is 7.72. The molecule has 1 aliphatic heterocycles. The fraction of sp³-hybridized carbons (Fsp3) is 0.0833. The quantitative estimate of drug-likeness (QED) is 0.535. The lowest BCUT2D eigenvalue weighted by atomic mass is 10.2. The summed E-state index contributed by atoms with van der Waals surface area (Å²) in [4.78, 5) is 13.0. The molecule has 0 saturated carbocycles. The van der Waals surface area contributed by atoms with Gasteiger partial charge < -0.3 is 4.74 Å². The second kappa shape index (κ2) is 9.26. The Bertz CT molecular complexity index is 1020. The summed E-state index contributed by atoms with van der Waals surface area (Å²) in [6, 6.07) is 29.6. The van der Waals surface area contributed by atoms with Crippen LogP contribution < -0.4 is 0 Å². The first-order chi connectivity index (χ1) is 14.3. The average Bonchev–Trinajstić information content (AvgIpc) is 2.78. The molecule has 29 heavy (non-hydrogen) atoms. The van der Waals surface area contributed by atoms with Gasteiger partial charge in [0.25, 0.3) is 0 Å². The van der Waals surface area contributed by atoms with Crippen molar-refractivity contribution in [3.8, 4) is 0 Å². The van der Waals surface area contributed by atoms with Crippen molar-refractivity contribution < 1.29 is 9.53 Å². The zero-order valence-corrected chi connectivity index (χ0v) is 16.6. The lowest BCUT2D eigenvalue weighted by Gasteiger charge is -2.25. The standard InChI is InChI=1S/C24H20N2O2S/c27-24-22(18-29-17-20-12-6-2-7-13-20)28-23(21-14-8-3-9-15-21)25-26(24)16-19-10-4-1-5-11-19/h1-15,18H,16-17H2/b22-18-. The Labute approximate surface area is 174 Å². The maximum Gasteiger partial charge on any atom is 0.310 e. The summed E-state index contributed by atoms with van der Waals surface area (Å²) >= 11 is 1.53. The molecule has 4 nitrogen and oxygen atoms in total. The van der Waals surface area contributed by atoms with Crippen molar-refractivity contribution >= 4 is 23.6 Å². The molecular weight excluding hydrogens is 380 g/mol. The van der Waals surface area contributed by atoms with E-state index >= 15 is 0 Å². The van der Waals surface area contributed by atoms with Crippen molar-refractivity contribution in [2.45, 2.75) is 12.3 Å². The second-order valence-electron chi connectivity index (χ2n) is 6.50. The molecule has 4 rings (SSSR count). The first-order valence-electron chi connectivity index (χ1n) is 9.33. The van der Waals surface area contributed by atoms with Crippen LogP contribution in [0.4, 0.5) is 0 Å². The Hall–Kier alpha value is -3.31. The summed E-state index contributed by atoms with van der Waals surface area (Å²) in [7, 11) is 0. The summed E-state index contributed by atoms with van der Waals surface area (Å²) in [6.45, 7) is 0.389. The first kappa shape index (κ1) is 19.0. The number of benzene rings is 3. The van der Waals surface area contributed by atoms with E-state index in [0.29, 0.717) is 12.4 Å². The smallest absolute Gasteiger partial charge is 0.310 e. The van der Waals surface area contributed by atoms with Gasteiger partial charge in [-0.2, -0.15) is 0 Å². The highest BCUT2D eigenvalue weighted by Crippen LogP contribution is 2.23. The number of hydrazone groups is 1. The van der Waals surface area contributed by atoms with Gasteiger partial charge in [0.2, 0.25) is 11.7 Å². The zero-order valence-electron chi connectivity index (χ0n) is 15.8. The largest absolute Gasteiger partial charge is 0.431 e. The third-order valence-corrected chi connectivity index (χ3v) is 5.22. The molecule has 0 saturated heterocycles. The number of carbonyl (C=O) groups is 1.